The van der Waals surface area contributed by atoms with Crippen molar-refractivity contribution in [2.75, 3.05) is 0 Å². The van der Waals surface area contributed by atoms with Crippen LogP contribution in [0.5, 0.6) is 0 Å². The predicted molar refractivity (Wildman–Crippen MR) is 61.6 cm³/mol. The van der Waals surface area contributed by atoms with E-state index in [0.29, 0.717) is 0 Å². The fourth-order valence-electron chi connectivity index (χ4n) is 2.91. The molecule has 2 aliphatic carbocycles. The Hall–Kier alpha value is -0.452. The van der Waals surface area contributed by atoms with Crippen LogP contribution >= 0.6 is 0 Å². The Morgan fingerprint density at radius 1 is 0.944 bits per heavy atom. The maximum Gasteiger partial charge on any atom is 2.00 e. The van der Waals surface area contributed by atoms with E-state index in [4.69, 9.17) is 31.3 Å². The molecule has 6 nitrogen and oxygen atoms in total. The summed E-state index contributed by atoms with van der Waals surface area (Å²) in [6, 6.07) is 0.181. The van der Waals surface area contributed by atoms with Gasteiger partial charge in [0.05, 0.1) is 0 Å². The molecular weight excluding hydrogens is 419 g/mol. The number of carbonyl (C=O) groups is 2. The molecular formula is C11H18N2O4Pt. The summed E-state index contributed by atoms with van der Waals surface area (Å²) in [7, 11) is 0. The number of nitrogens with one attached hydrogen (secondary N) is 2. The molecule has 18 heavy (non-hydrogen) atoms. The predicted octanol–water partition coefficient (Wildman–Crippen LogP) is 2.34. The van der Waals surface area contributed by atoms with Crippen molar-refractivity contribution in [3.8, 4) is 0 Å². The van der Waals surface area contributed by atoms with Gasteiger partial charge in [0.25, 0.3) is 0 Å². The fourth-order valence-corrected chi connectivity index (χ4v) is 2.91. The molecule has 2 rings (SSSR count). The zero-order chi connectivity index (χ0) is 13.1. The monoisotopic (exact) mass is 437 g/mol. The van der Waals surface area contributed by atoms with E-state index in [1.54, 1.807) is 0 Å². The van der Waals surface area contributed by atoms with Crippen molar-refractivity contribution in [2.45, 2.75) is 50.6 Å². The van der Waals surface area contributed by atoms with E-state index in [9.17, 15) is 0 Å². The van der Waals surface area contributed by atoms with Gasteiger partial charge in [0, 0.05) is 0 Å². The summed E-state index contributed by atoms with van der Waals surface area (Å²) in [4.78, 5) is 18.2. The Labute approximate surface area is 120 Å². The van der Waals surface area contributed by atoms with E-state index in [0.717, 1.165) is 25.7 Å². The first-order valence-corrected chi connectivity index (χ1v) is 5.78. The van der Waals surface area contributed by atoms with Crippen LogP contribution in [0, 0.1) is 5.41 Å². The second-order valence-corrected chi connectivity index (χ2v) is 4.73. The van der Waals surface area contributed by atoms with Crippen LogP contribution < -0.4 is 0 Å². The molecule has 7 heteroatoms. The van der Waals surface area contributed by atoms with Crippen LogP contribution in [0.25, 0.3) is 11.5 Å². The number of hydrogen-bond acceptors (Lipinski definition) is 2. The van der Waals surface area contributed by atoms with Gasteiger partial charge in [-0.1, -0.05) is 43.9 Å². The minimum absolute atomic E-state index is 0. The van der Waals surface area contributed by atoms with Gasteiger partial charge in [0.1, 0.15) is 0 Å². The number of carboxylic acid groups (broad SMARTS) is 2. The summed E-state index contributed by atoms with van der Waals surface area (Å²) in [6.45, 7) is 0. The number of carboxylic acids is 2. The molecule has 0 bridgehead atoms. The molecule has 0 heterocycles. The summed E-state index contributed by atoms with van der Waals surface area (Å²) >= 11 is 0. The van der Waals surface area contributed by atoms with E-state index < -0.39 is 11.9 Å². The van der Waals surface area contributed by atoms with E-state index in [2.05, 4.69) is 0 Å². The topological polar surface area (TPSA) is 122 Å². The average molecular weight is 437 g/mol. The zero-order valence-corrected chi connectivity index (χ0v) is 12.2. The third-order valence-electron chi connectivity index (χ3n) is 3.84. The van der Waals surface area contributed by atoms with Crippen LogP contribution in [-0.4, -0.2) is 34.2 Å². The molecule has 2 aliphatic rings. The molecule has 0 aromatic carbocycles. The van der Waals surface area contributed by atoms with Gasteiger partial charge in [-0.2, -0.15) is 0 Å². The molecule has 2 atom stereocenters. The molecule has 2 fully saturated rings. The zero-order valence-electron chi connectivity index (χ0n) is 9.92. The van der Waals surface area contributed by atoms with E-state index in [1.807, 2.05) is 0 Å². The fraction of sp³-hybridized carbons (Fsp3) is 0.818. The third-order valence-corrected chi connectivity index (χ3v) is 3.84. The first kappa shape index (κ1) is 17.5. The van der Waals surface area contributed by atoms with E-state index in [1.165, 1.54) is 12.8 Å². The first-order valence-electron chi connectivity index (χ1n) is 5.78. The van der Waals surface area contributed by atoms with Crippen molar-refractivity contribution in [3.05, 3.63) is 11.5 Å². The van der Waals surface area contributed by atoms with Crippen LogP contribution in [-0.2, 0) is 30.7 Å². The maximum absolute atomic E-state index is 9.10. The van der Waals surface area contributed by atoms with Gasteiger partial charge in [0.15, 0.2) is 0 Å². The molecule has 106 valence electrons. The van der Waals surface area contributed by atoms with Crippen LogP contribution in [0.2, 0.25) is 0 Å². The SMILES string of the molecule is O=C(O)C(=O)O.[NH-][C@H]1CCCC12CCC[C@@H]2[NH-].[Pt+2]. The van der Waals surface area contributed by atoms with Gasteiger partial charge in [-0.05, 0) is 0 Å². The van der Waals surface area contributed by atoms with Gasteiger partial charge in [-0.3, -0.25) is 0 Å². The summed E-state index contributed by atoms with van der Waals surface area (Å²) < 4.78 is 0. The Morgan fingerprint density at radius 2 is 1.28 bits per heavy atom. The second-order valence-electron chi connectivity index (χ2n) is 4.73. The summed E-state index contributed by atoms with van der Waals surface area (Å²) in [5.74, 6) is -3.65. The van der Waals surface area contributed by atoms with Crippen molar-refractivity contribution in [1.29, 1.82) is 0 Å². The minimum atomic E-state index is -1.82. The summed E-state index contributed by atoms with van der Waals surface area (Å²) in [5.41, 5.74) is 15.9. The Bertz CT molecular complexity index is 281. The molecule has 0 aromatic rings. The molecule has 2 saturated carbocycles. The van der Waals surface area contributed by atoms with Crippen molar-refractivity contribution in [2.24, 2.45) is 5.41 Å². The molecule has 0 saturated heterocycles. The molecule has 0 aromatic heterocycles. The van der Waals surface area contributed by atoms with Gasteiger partial charge in [-0.15, -0.1) is 12.1 Å². The second kappa shape index (κ2) is 7.21. The van der Waals surface area contributed by atoms with Crippen LogP contribution in [0.4, 0.5) is 0 Å². The number of aliphatic carboxylic acids is 2. The van der Waals surface area contributed by atoms with Gasteiger partial charge in [-0.25, -0.2) is 9.59 Å². The van der Waals surface area contributed by atoms with Crippen LogP contribution in [0.1, 0.15) is 38.5 Å². The molecule has 0 radical (unpaired) electrons. The Balaban J connectivity index is 0.000000362. The van der Waals surface area contributed by atoms with Crippen molar-refractivity contribution >= 4 is 11.9 Å². The average Bonchev–Trinajstić information content (AvgIpc) is 2.78. The summed E-state index contributed by atoms with van der Waals surface area (Å²) in [5, 5.41) is 14.8. The maximum atomic E-state index is 9.10. The van der Waals surface area contributed by atoms with E-state index in [-0.39, 0.29) is 38.6 Å². The van der Waals surface area contributed by atoms with Gasteiger partial charge >= 0.3 is 33.0 Å². The number of rotatable bonds is 0. The van der Waals surface area contributed by atoms with Crippen LogP contribution in [0.15, 0.2) is 0 Å². The number of hydrogen-bond donors (Lipinski definition) is 2. The van der Waals surface area contributed by atoms with Gasteiger partial charge < -0.3 is 21.7 Å². The molecule has 1 spiro atoms. The van der Waals surface area contributed by atoms with E-state index >= 15 is 0 Å². The largest absolute Gasteiger partial charge is 2.00 e. The molecule has 0 unspecified atom stereocenters. The molecule has 4 N–H and O–H groups in total. The standard InChI is InChI=1S/C9H16N2.C2H2O4.Pt/c10-7-3-1-5-9(7)6-2-4-8(9)11;3-1(4)2(5)6;/h7-8,10-11H,1-6H2;(H,3,4)(H,5,6);/q-2;;+2/t7-,8-,9?;;/m0../s1. The van der Waals surface area contributed by atoms with Crippen LogP contribution in [0.3, 0.4) is 0 Å². The van der Waals surface area contributed by atoms with Crippen molar-refractivity contribution < 1.29 is 40.9 Å². The van der Waals surface area contributed by atoms with Gasteiger partial charge in [0.2, 0.25) is 0 Å². The molecule has 0 amide bonds. The Kier molecular flexibility index (Phi) is 7.03. The van der Waals surface area contributed by atoms with Crippen molar-refractivity contribution in [3.63, 3.8) is 0 Å². The minimum Gasteiger partial charge on any atom is -0.674 e. The van der Waals surface area contributed by atoms with Crippen molar-refractivity contribution in [1.82, 2.24) is 0 Å². The third kappa shape index (κ3) is 3.77. The first-order chi connectivity index (χ1) is 7.90. The smallest absolute Gasteiger partial charge is 0.674 e. The Morgan fingerprint density at radius 3 is 1.44 bits per heavy atom. The normalized spacial score (nSPS) is 28.1. The summed E-state index contributed by atoms with van der Waals surface area (Å²) in [6.07, 6.45) is 6.82. The quantitative estimate of drug-likeness (QED) is 0.565. The molecule has 0 aliphatic heterocycles.